The first-order valence-electron chi connectivity index (χ1n) is 3.93. The van der Waals surface area contributed by atoms with E-state index in [2.05, 4.69) is 10.9 Å². The molecule has 0 spiro atoms. The third-order valence-electron chi connectivity index (χ3n) is 1.60. The van der Waals surface area contributed by atoms with Crippen molar-refractivity contribution in [2.75, 3.05) is 5.88 Å². The number of rotatable bonds is 2. The number of terminal acetylenes is 1. The molecule has 2 nitrogen and oxygen atoms in total. The molecular weight excluding hydrogens is 222 g/mol. The molecule has 0 atom stereocenters. The van der Waals surface area contributed by atoms with Crippen LogP contribution in [0.1, 0.15) is 5.56 Å². The Hall–Kier alpha value is -1.60. The van der Waals surface area contributed by atoms with Gasteiger partial charge < -0.3 is 5.73 Å². The van der Waals surface area contributed by atoms with Gasteiger partial charge in [-0.2, -0.15) is 0 Å². The van der Waals surface area contributed by atoms with Gasteiger partial charge in [0.2, 0.25) is 0 Å². The average molecular weight is 229 g/mol. The lowest BCUT2D eigenvalue weighted by Crippen LogP contribution is -2.12. The summed E-state index contributed by atoms with van der Waals surface area (Å²) in [5.74, 6) is 0.198. The summed E-state index contributed by atoms with van der Waals surface area (Å²) in [7, 11) is 0. The van der Waals surface area contributed by atoms with E-state index in [-0.39, 0.29) is 23.0 Å². The Labute approximate surface area is 90.8 Å². The Morgan fingerprint density at radius 1 is 1.47 bits per heavy atom. The fraction of sp³-hybridized carbons (Fsp3) is 0.100. The summed E-state index contributed by atoms with van der Waals surface area (Å²) >= 11 is 5.39. The molecule has 1 aromatic rings. The van der Waals surface area contributed by atoms with Gasteiger partial charge in [0.25, 0.3) is 0 Å². The highest BCUT2D eigenvalue weighted by Gasteiger charge is 2.08. The Morgan fingerprint density at radius 3 is 2.60 bits per heavy atom. The lowest BCUT2D eigenvalue weighted by atomic mass is 10.2. The lowest BCUT2D eigenvalue weighted by molar-refractivity contribution is 0.508. The second-order valence-corrected chi connectivity index (χ2v) is 2.93. The van der Waals surface area contributed by atoms with Crippen molar-refractivity contribution in [1.82, 2.24) is 0 Å². The van der Waals surface area contributed by atoms with E-state index in [1.165, 1.54) is 0 Å². The number of halogens is 3. The summed E-state index contributed by atoms with van der Waals surface area (Å²) < 4.78 is 25.7. The van der Waals surface area contributed by atoms with Gasteiger partial charge in [0.15, 0.2) is 11.6 Å². The predicted octanol–water partition coefficient (Wildman–Crippen LogP) is 2.17. The van der Waals surface area contributed by atoms with Gasteiger partial charge in [-0.25, -0.2) is 13.8 Å². The van der Waals surface area contributed by atoms with Crippen molar-refractivity contribution < 1.29 is 8.78 Å². The molecule has 2 N–H and O–H groups in total. The van der Waals surface area contributed by atoms with E-state index in [4.69, 9.17) is 23.8 Å². The van der Waals surface area contributed by atoms with Crippen LogP contribution in [0.2, 0.25) is 0 Å². The van der Waals surface area contributed by atoms with Gasteiger partial charge >= 0.3 is 0 Å². The van der Waals surface area contributed by atoms with Gasteiger partial charge in [-0.3, -0.25) is 0 Å². The minimum atomic E-state index is -1.03. The molecular formula is C10H7ClF2N2. The van der Waals surface area contributed by atoms with Crippen LogP contribution >= 0.6 is 11.6 Å². The largest absolute Gasteiger partial charge is 0.386 e. The third kappa shape index (κ3) is 2.67. The lowest BCUT2D eigenvalue weighted by Gasteiger charge is -2.01. The minimum absolute atomic E-state index is 0.0109. The van der Waals surface area contributed by atoms with Crippen LogP contribution in [-0.2, 0) is 0 Å². The highest BCUT2D eigenvalue weighted by Crippen LogP contribution is 2.22. The molecule has 0 radical (unpaired) electrons. The second kappa shape index (κ2) is 4.76. The maximum absolute atomic E-state index is 12.9. The fourth-order valence-electron chi connectivity index (χ4n) is 0.929. The smallest absolute Gasteiger partial charge is 0.161 e. The van der Waals surface area contributed by atoms with Crippen molar-refractivity contribution in [1.29, 1.82) is 0 Å². The molecule has 0 saturated heterocycles. The van der Waals surface area contributed by atoms with E-state index in [1.807, 2.05) is 0 Å². The quantitative estimate of drug-likeness (QED) is 0.358. The normalized spacial score (nSPS) is 11.2. The summed E-state index contributed by atoms with van der Waals surface area (Å²) in [6.45, 7) is 0. The van der Waals surface area contributed by atoms with E-state index in [0.29, 0.717) is 0 Å². The average Bonchev–Trinajstić information content (AvgIpc) is 2.22. The number of hydrogen-bond donors (Lipinski definition) is 1. The van der Waals surface area contributed by atoms with Crippen molar-refractivity contribution in [3.8, 4) is 12.3 Å². The predicted molar refractivity (Wildman–Crippen MR) is 56.3 cm³/mol. The molecule has 0 fully saturated rings. The monoisotopic (exact) mass is 228 g/mol. The Kier molecular flexibility index (Phi) is 3.64. The summed E-state index contributed by atoms with van der Waals surface area (Å²) in [6, 6.07) is 1.76. The zero-order valence-electron chi connectivity index (χ0n) is 7.60. The first kappa shape index (κ1) is 11.5. The number of aliphatic imine (C=N–C) groups is 1. The molecule has 0 aliphatic carbocycles. The Morgan fingerprint density at radius 2 is 2.07 bits per heavy atom. The maximum Gasteiger partial charge on any atom is 0.161 e. The first-order valence-corrected chi connectivity index (χ1v) is 4.46. The SMILES string of the molecule is C#Cc1cc(F)c(F)cc1N=C(N)CCl. The molecule has 15 heavy (non-hydrogen) atoms. The highest BCUT2D eigenvalue weighted by atomic mass is 35.5. The van der Waals surface area contributed by atoms with Crippen LogP contribution < -0.4 is 5.73 Å². The van der Waals surface area contributed by atoms with Crippen LogP contribution in [0, 0.1) is 24.0 Å². The summed E-state index contributed by atoms with van der Waals surface area (Å²) in [4.78, 5) is 3.76. The Balaban J connectivity index is 3.30. The topological polar surface area (TPSA) is 38.4 Å². The van der Waals surface area contributed by atoms with Crippen molar-refractivity contribution in [3.05, 3.63) is 29.3 Å². The number of hydrogen-bond acceptors (Lipinski definition) is 1. The molecule has 1 rings (SSSR count). The van der Waals surface area contributed by atoms with Crippen LogP contribution in [-0.4, -0.2) is 11.7 Å². The molecule has 78 valence electrons. The zero-order valence-corrected chi connectivity index (χ0v) is 8.35. The van der Waals surface area contributed by atoms with Crippen molar-refractivity contribution in [3.63, 3.8) is 0 Å². The van der Waals surface area contributed by atoms with Gasteiger partial charge in [-0.1, -0.05) is 5.92 Å². The van der Waals surface area contributed by atoms with Crippen molar-refractivity contribution in [2.24, 2.45) is 10.7 Å². The number of nitrogens with two attached hydrogens (primary N) is 1. The zero-order chi connectivity index (χ0) is 11.4. The summed E-state index contributed by atoms with van der Waals surface area (Å²) in [6.07, 6.45) is 5.10. The number of alkyl halides is 1. The van der Waals surface area contributed by atoms with E-state index in [0.717, 1.165) is 12.1 Å². The van der Waals surface area contributed by atoms with E-state index in [1.54, 1.807) is 0 Å². The van der Waals surface area contributed by atoms with Crippen LogP contribution in [0.5, 0.6) is 0 Å². The van der Waals surface area contributed by atoms with Gasteiger partial charge in [-0.05, 0) is 6.07 Å². The van der Waals surface area contributed by atoms with Crippen LogP contribution in [0.15, 0.2) is 17.1 Å². The molecule has 0 aromatic heterocycles. The van der Waals surface area contributed by atoms with Crippen LogP contribution in [0.4, 0.5) is 14.5 Å². The maximum atomic E-state index is 12.9. The van der Waals surface area contributed by atoms with Gasteiger partial charge in [0.05, 0.1) is 17.1 Å². The number of benzene rings is 1. The summed E-state index contributed by atoms with van der Waals surface area (Å²) in [5.41, 5.74) is 5.57. The van der Waals surface area contributed by atoms with E-state index < -0.39 is 11.6 Å². The number of nitrogens with zero attached hydrogens (tertiary/aromatic N) is 1. The molecule has 0 aliphatic heterocycles. The number of amidine groups is 1. The van der Waals surface area contributed by atoms with E-state index in [9.17, 15) is 8.78 Å². The van der Waals surface area contributed by atoms with Gasteiger partial charge in [0.1, 0.15) is 5.84 Å². The summed E-state index contributed by atoms with van der Waals surface area (Å²) in [5, 5.41) is 0. The van der Waals surface area contributed by atoms with Crippen molar-refractivity contribution in [2.45, 2.75) is 0 Å². The van der Waals surface area contributed by atoms with Crippen molar-refractivity contribution >= 4 is 23.1 Å². The highest BCUT2D eigenvalue weighted by molar-refractivity contribution is 6.28. The molecule has 0 heterocycles. The molecule has 0 aliphatic rings. The first-order chi connectivity index (χ1) is 7.08. The molecule has 0 bridgehead atoms. The van der Waals surface area contributed by atoms with Gasteiger partial charge in [0, 0.05) is 6.07 Å². The molecule has 0 amide bonds. The second-order valence-electron chi connectivity index (χ2n) is 2.66. The fourth-order valence-corrected chi connectivity index (χ4v) is 0.989. The molecule has 0 unspecified atom stereocenters. The van der Waals surface area contributed by atoms with Crippen LogP contribution in [0.25, 0.3) is 0 Å². The Bertz CT molecular complexity index is 449. The van der Waals surface area contributed by atoms with E-state index >= 15 is 0 Å². The molecule has 1 aromatic carbocycles. The van der Waals surface area contributed by atoms with Gasteiger partial charge in [-0.15, -0.1) is 18.0 Å². The molecule has 5 heteroatoms. The standard InChI is InChI=1S/C10H7ClF2N2/c1-2-6-3-7(12)8(13)4-9(6)15-10(14)5-11/h1,3-4H,5H2,(H2,14,15). The third-order valence-corrected chi connectivity index (χ3v) is 1.87. The van der Waals surface area contributed by atoms with Crippen LogP contribution in [0.3, 0.4) is 0 Å². The minimum Gasteiger partial charge on any atom is -0.386 e. The molecule has 0 saturated carbocycles.